The molecule has 0 atom stereocenters. The Balaban J connectivity index is 2.34. The van der Waals surface area contributed by atoms with Crippen molar-refractivity contribution in [3.63, 3.8) is 0 Å². The van der Waals surface area contributed by atoms with E-state index >= 15 is 0 Å². The molecule has 0 saturated heterocycles. The predicted molar refractivity (Wildman–Crippen MR) is 72.2 cm³/mol. The number of aromatic nitrogens is 1. The summed E-state index contributed by atoms with van der Waals surface area (Å²) in [6.07, 6.45) is 0.842. The van der Waals surface area contributed by atoms with Crippen LogP contribution in [-0.2, 0) is 16.7 Å². The van der Waals surface area contributed by atoms with Gasteiger partial charge in [0.05, 0.1) is 21.8 Å². The van der Waals surface area contributed by atoms with Gasteiger partial charge in [0.15, 0.2) is 0 Å². The van der Waals surface area contributed by atoms with Crippen LogP contribution < -0.4 is 5.90 Å². The van der Waals surface area contributed by atoms with Gasteiger partial charge in [0.1, 0.15) is 0 Å². The first kappa shape index (κ1) is 12.5. The highest BCUT2D eigenvalue weighted by atomic mass is 32.1. The molecule has 0 spiro atoms. The van der Waals surface area contributed by atoms with Crippen molar-refractivity contribution in [2.45, 2.75) is 32.6 Å². The van der Waals surface area contributed by atoms with E-state index in [2.05, 4.69) is 48.8 Å². The monoisotopic (exact) mass is 250 g/mol. The van der Waals surface area contributed by atoms with Crippen LogP contribution in [0.15, 0.2) is 18.2 Å². The minimum atomic E-state index is 0.115. The Bertz CT molecular complexity index is 514. The van der Waals surface area contributed by atoms with E-state index in [0.29, 0.717) is 6.61 Å². The smallest absolute Gasteiger partial charge is 0.0992 e. The highest BCUT2D eigenvalue weighted by molar-refractivity contribution is 7.18. The van der Waals surface area contributed by atoms with E-state index in [1.165, 1.54) is 15.3 Å². The fourth-order valence-electron chi connectivity index (χ4n) is 1.62. The molecule has 4 heteroatoms. The Morgan fingerprint density at radius 1 is 1.35 bits per heavy atom. The number of benzene rings is 1. The fourth-order valence-corrected chi connectivity index (χ4v) is 2.71. The molecule has 2 rings (SSSR count). The summed E-state index contributed by atoms with van der Waals surface area (Å²) in [5.74, 6) is 5.04. The number of thiazole rings is 1. The van der Waals surface area contributed by atoms with Crippen molar-refractivity contribution in [1.29, 1.82) is 0 Å². The summed E-state index contributed by atoms with van der Waals surface area (Å²) in [5.41, 5.74) is 2.44. The summed E-state index contributed by atoms with van der Waals surface area (Å²) in [6, 6.07) is 6.35. The fraction of sp³-hybridized carbons (Fsp3) is 0.462. The molecule has 0 amide bonds. The lowest BCUT2D eigenvalue weighted by molar-refractivity contribution is 0.141. The van der Waals surface area contributed by atoms with Gasteiger partial charge in [-0.3, -0.25) is 0 Å². The Morgan fingerprint density at radius 3 is 2.76 bits per heavy atom. The molecule has 17 heavy (non-hydrogen) atoms. The third-order valence-corrected chi connectivity index (χ3v) is 4.05. The summed E-state index contributed by atoms with van der Waals surface area (Å²) >= 11 is 1.77. The average Bonchev–Trinajstić information content (AvgIpc) is 2.68. The Labute approximate surface area is 106 Å². The molecule has 0 fully saturated rings. The molecular weight excluding hydrogens is 232 g/mol. The van der Waals surface area contributed by atoms with E-state index < -0.39 is 0 Å². The van der Waals surface area contributed by atoms with Gasteiger partial charge in [-0.2, -0.15) is 0 Å². The van der Waals surface area contributed by atoms with Crippen molar-refractivity contribution in [3.8, 4) is 0 Å². The molecule has 3 nitrogen and oxygen atoms in total. The van der Waals surface area contributed by atoms with E-state index in [1.54, 1.807) is 11.3 Å². The van der Waals surface area contributed by atoms with Crippen molar-refractivity contribution in [3.05, 3.63) is 28.8 Å². The normalized spacial score (nSPS) is 12.2. The first-order chi connectivity index (χ1) is 8.00. The van der Waals surface area contributed by atoms with Gasteiger partial charge >= 0.3 is 0 Å². The molecule has 0 aliphatic rings. The van der Waals surface area contributed by atoms with Gasteiger partial charge in [-0.1, -0.05) is 26.8 Å². The lowest BCUT2D eigenvalue weighted by Gasteiger charge is -2.13. The number of nitrogens with two attached hydrogens (primary N) is 1. The molecule has 0 aliphatic carbocycles. The maximum absolute atomic E-state index is 5.04. The zero-order chi connectivity index (χ0) is 12.5. The van der Waals surface area contributed by atoms with Crippen molar-refractivity contribution in [2.24, 2.45) is 5.90 Å². The van der Waals surface area contributed by atoms with Gasteiger partial charge in [0.2, 0.25) is 0 Å². The van der Waals surface area contributed by atoms with E-state index in [0.717, 1.165) is 11.9 Å². The standard InChI is InChI=1S/C13H18N2OS/c1-13(2,3)12-15-10-5-4-9(6-7-16-14)8-11(10)17-12/h4-5,8H,6-7,14H2,1-3H3. The quantitative estimate of drug-likeness (QED) is 0.852. The summed E-state index contributed by atoms with van der Waals surface area (Å²) in [7, 11) is 0. The van der Waals surface area contributed by atoms with Gasteiger partial charge < -0.3 is 4.84 Å². The van der Waals surface area contributed by atoms with Crippen LogP contribution in [0.1, 0.15) is 31.3 Å². The predicted octanol–water partition coefficient (Wildman–Crippen LogP) is 3.03. The SMILES string of the molecule is CC(C)(C)c1nc2ccc(CCON)cc2s1. The van der Waals surface area contributed by atoms with Gasteiger partial charge in [0, 0.05) is 5.41 Å². The largest absolute Gasteiger partial charge is 0.304 e. The Morgan fingerprint density at radius 2 is 2.12 bits per heavy atom. The minimum Gasteiger partial charge on any atom is -0.304 e. The molecular formula is C13H18N2OS. The molecule has 2 aromatic rings. The number of hydrogen-bond acceptors (Lipinski definition) is 4. The molecule has 0 radical (unpaired) electrons. The van der Waals surface area contributed by atoms with Gasteiger partial charge in [-0.15, -0.1) is 11.3 Å². The molecule has 0 saturated carbocycles. The van der Waals surface area contributed by atoms with Crippen molar-refractivity contribution in [2.75, 3.05) is 6.61 Å². The first-order valence-corrected chi connectivity index (χ1v) is 6.54. The van der Waals surface area contributed by atoms with Crippen molar-refractivity contribution < 1.29 is 4.84 Å². The second-order valence-corrected chi connectivity index (χ2v) is 6.22. The highest BCUT2D eigenvalue weighted by Crippen LogP contribution is 2.31. The van der Waals surface area contributed by atoms with Crippen LogP contribution in [-0.4, -0.2) is 11.6 Å². The Hall–Kier alpha value is -0.970. The average molecular weight is 250 g/mol. The molecule has 1 heterocycles. The van der Waals surface area contributed by atoms with Crippen LogP contribution in [0.4, 0.5) is 0 Å². The maximum Gasteiger partial charge on any atom is 0.0992 e. The third-order valence-electron chi connectivity index (χ3n) is 2.60. The number of fused-ring (bicyclic) bond motifs is 1. The van der Waals surface area contributed by atoms with Gasteiger partial charge in [0.25, 0.3) is 0 Å². The third kappa shape index (κ3) is 2.83. The zero-order valence-electron chi connectivity index (χ0n) is 10.5. The number of nitrogens with zero attached hydrogens (tertiary/aromatic N) is 1. The molecule has 92 valence electrons. The highest BCUT2D eigenvalue weighted by Gasteiger charge is 2.18. The number of rotatable bonds is 3. The first-order valence-electron chi connectivity index (χ1n) is 5.72. The van der Waals surface area contributed by atoms with Crippen LogP contribution in [0, 0.1) is 0 Å². The molecule has 0 bridgehead atoms. The van der Waals surface area contributed by atoms with E-state index in [1.807, 2.05) is 0 Å². The zero-order valence-corrected chi connectivity index (χ0v) is 11.3. The van der Waals surface area contributed by atoms with Crippen LogP contribution in [0.3, 0.4) is 0 Å². The van der Waals surface area contributed by atoms with Crippen LogP contribution >= 0.6 is 11.3 Å². The lowest BCUT2D eigenvalue weighted by atomic mass is 9.98. The van der Waals surface area contributed by atoms with Gasteiger partial charge in [-0.25, -0.2) is 10.9 Å². The van der Waals surface area contributed by atoms with Crippen LogP contribution in [0.2, 0.25) is 0 Å². The maximum atomic E-state index is 5.04. The molecule has 1 aromatic carbocycles. The molecule has 1 aromatic heterocycles. The van der Waals surface area contributed by atoms with Gasteiger partial charge in [-0.05, 0) is 24.1 Å². The minimum absolute atomic E-state index is 0.115. The van der Waals surface area contributed by atoms with Crippen molar-refractivity contribution >= 4 is 21.6 Å². The summed E-state index contributed by atoms with van der Waals surface area (Å²) < 4.78 is 1.24. The Kier molecular flexibility index (Phi) is 3.47. The van der Waals surface area contributed by atoms with E-state index in [9.17, 15) is 0 Å². The van der Waals surface area contributed by atoms with Crippen LogP contribution in [0.25, 0.3) is 10.2 Å². The summed E-state index contributed by atoms with van der Waals surface area (Å²) in [6.45, 7) is 7.12. The molecule has 2 N–H and O–H groups in total. The van der Waals surface area contributed by atoms with Crippen LogP contribution in [0.5, 0.6) is 0 Å². The topological polar surface area (TPSA) is 48.1 Å². The second kappa shape index (κ2) is 4.72. The van der Waals surface area contributed by atoms with E-state index in [-0.39, 0.29) is 5.41 Å². The second-order valence-electron chi connectivity index (χ2n) is 5.19. The van der Waals surface area contributed by atoms with E-state index in [4.69, 9.17) is 5.90 Å². The molecule has 0 unspecified atom stereocenters. The lowest BCUT2D eigenvalue weighted by Crippen LogP contribution is -2.09. The summed E-state index contributed by atoms with van der Waals surface area (Å²) in [4.78, 5) is 9.27. The number of hydrogen-bond donors (Lipinski definition) is 1. The molecule has 0 aliphatic heterocycles. The van der Waals surface area contributed by atoms with Crippen molar-refractivity contribution in [1.82, 2.24) is 4.98 Å². The summed E-state index contributed by atoms with van der Waals surface area (Å²) in [5, 5.41) is 1.18.